The Bertz CT molecular complexity index is 1310. The van der Waals surface area contributed by atoms with Crippen molar-refractivity contribution in [3.8, 4) is 5.75 Å². The maximum Gasteiger partial charge on any atom is 0.293 e. The Labute approximate surface area is 214 Å². The number of halogens is 3. The molecule has 3 aromatic rings. The highest BCUT2D eigenvalue weighted by molar-refractivity contribution is 8.18. The molecule has 3 aromatic carbocycles. The first kappa shape index (κ1) is 24.8. The maximum atomic E-state index is 13.0. The molecule has 0 spiro atoms. The number of nitrogens with one attached hydrogen (secondary N) is 1. The van der Waals surface area contributed by atoms with Crippen LogP contribution in [0.2, 0.25) is 10.0 Å². The van der Waals surface area contributed by atoms with Crippen LogP contribution in [0.25, 0.3) is 6.08 Å². The lowest BCUT2D eigenvalue weighted by Gasteiger charge is -2.12. The largest absolute Gasteiger partial charge is 0.482 e. The number of rotatable bonds is 7. The van der Waals surface area contributed by atoms with Crippen molar-refractivity contribution >= 4 is 63.8 Å². The second-order valence-electron chi connectivity index (χ2n) is 7.43. The lowest BCUT2D eigenvalue weighted by Crippen LogP contribution is -2.27. The van der Waals surface area contributed by atoms with Crippen LogP contribution < -0.4 is 10.1 Å². The maximum absolute atomic E-state index is 13.0. The van der Waals surface area contributed by atoms with Crippen LogP contribution in [0.15, 0.2) is 71.6 Å². The minimum atomic E-state index is -0.439. The number of nitrogens with zero attached hydrogens (tertiary/aromatic N) is 1. The molecule has 0 saturated carbocycles. The molecule has 178 valence electrons. The van der Waals surface area contributed by atoms with Gasteiger partial charge in [-0.15, -0.1) is 0 Å². The molecular weight excluding hydrogens is 514 g/mol. The van der Waals surface area contributed by atoms with Crippen LogP contribution in [0, 0.1) is 5.82 Å². The molecule has 1 heterocycles. The number of ether oxygens (including phenoxy) is 1. The summed E-state index contributed by atoms with van der Waals surface area (Å²) in [6.07, 6.45) is 1.57. The number of thioether (sulfide) groups is 1. The van der Waals surface area contributed by atoms with Crippen molar-refractivity contribution in [3.05, 3.63) is 98.6 Å². The normalized spacial score (nSPS) is 14.5. The third-order valence-corrected chi connectivity index (χ3v) is 6.32. The van der Waals surface area contributed by atoms with Crippen molar-refractivity contribution in [1.82, 2.24) is 4.90 Å². The molecular formula is C25H17Cl2FN2O4S. The van der Waals surface area contributed by atoms with Gasteiger partial charge in [0.1, 0.15) is 11.6 Å². The van der Waals surface area contributed by atoms with Gasteiger partial charge in [-0.2, -0.15) is 0 Å². The summed E-state index contributed by atoms with van der Waals surface area (Å²) >= 11 is 13.0. The fraction of sp³-hybridized carbons (Fsp3) is 0.0800. The third-order valence-electron chi connectivity index (χ3n) is 4.87. The second kappa shape index (κ2) is 10.9. The lowest BCUT2D eigenvalue weighted by molar-refractivity contribution is -0.123. The van der Waals surface area contributed by atoms with E-state index in [9.17, 15) is 18.8 Å². The SMILES string of the molecule is O=C(COc1ccc(/C=C2/SC(=O)N(Cc3ccc(Cl)cc3)C2=O)cc1Cl)Nc1ccc(F)cc1. The highest BCUT2D eigenvalue weighted by atomic mass is 35.5. The first-order valence-corrected chi connectivity index (χ1v) is 11.8. The smallest absolute Gasteiger partial charge is 0.293 e. The molecule has 0 bridgehead atoms. The lowest BCUT2D eigenvalue weighted by atomic mass is 10.2. The van der Waals surface area contributed by atoms with Gasteiger partial charge >= 0.3 is 0 Å². The van der Waals surface area contributed by atoms with E-state index in [4.69, 9.17) is 27.9 Å². The minimum Gasteiger partial charge on any atom is -0.482 e. The average Bonchev–Trinajstić information content (AvgIpc) is 3.08. The summed E-state index contributed by atoms with van der Waals surface area (Å²) in [6.45, 7) is -0.160. The summed E-state index contributed by atoms with van der Waals surface area (Å²) in [6, 6.07) is 17.1. The van der Waals surface area contributed by atoms with E-state index in [-0.39, 0.29) is 34.1 Å². The molecule has 6 nitrogen and oxygen atoms in total. The van der Waals surface area contributed by atoms with Crippen molar-refractivity contribution in [2.24, 2.45) is 0 Å². The van der Waals surface area contributed by atoms with Gasteiger partial charge in [0.15, 0.2) is 6.61 Å². The zero-order valence-electron chi connectivity index (χ0n) is 18.0. The van der Waals surface area contributed by atoms with Crippen LogP contribution in [0.4, 0.5) is 14.9 Å². The van der Waals surface area contributed by atoms with Crippen molar-refractivity contribution in [1.29, 1.82) is 0 Å². The number of anilines is 1. The van der Waals surface area contributed by atoms with Gasteiger partial charge in [0.25, 0.3) is 17.1 Å². The van der Waals surface area contributed by atoms with Crippen LogP contribution in [0.1, 0.15) is 11.1 Å². The van der Waals surface area contributed by atoms with E-state index in [0.717, 1.165) is 17.3 Å². The van der Waals surface area contributed by atoms with Crippen molar-refractivity contribution in [2.45, 2.75) is 6.54 Å². The van der Waals surface area contributed by atoms with Crippen LogP contribution in [0.5, 0.6) is 5.75 Å². The van der Waals surface area contributed by atoms with Gasteiger partial charge in [0, 0.05) is 10.7 Å². The van der Waals surface area contributed by atoms with Gasteiger partial charge in [-0.25, -0.2) is 4.39 Å². The van der Waals surface area contributed by atoms with Gasteiger partial charge in [-0.1, -0.05) is 41.4 Å². The van der Waals surface area contributed by atoms with E-state index in [1.165, 1.54) is 29.2 Å². The topological polar surface area (TPSA) is 75.7 Å². The van der Waals surface area contributed by atoms with Crippen molar-refractivity contribution in [2.75, 3.05) is 11.9 Å². The summed E-state index contributed by atoms with van der Waals surface area (Å²) < 4.78 is 18.4. The fourth-order valence-corrected chi connectivity index (χ4v) is 4.37. The van der Waals surface area contributed by atoms with E-state index >= 15 is 0 Å². The number of carbonyl (C=O) groups excluding carboxylic acids is 3. The Morgan fingerprint density at radius 2 is 1.74 bits per heavy atom. The Hall–Kier alpha value is -3.33. The minimum absolute atomic E-state index is 0.146. The fourth-order valence-electron chi connectivity index (χ4n) is 3.16. The molecule has 1 fully saturated rings. The first-order chi connectivity index (χ1) is 16.8. The second-order valence-corrected chi connectivity index (χ2v) is 9.26. The molecule has 0 radical (unpaired) electrons. The summed E-state index contributed by atoms with van der Waals surface area (Å²) in [5.41, 5.74) is 1.81. The molecule has 1 N–H and O–H groups in total. The number of hydrogen-bond acceptors (Lipinski definition) is 5. The van der Waals surface area contributed by atoms with Crippen molar-refractivity contribution < 1.29 is 23.5 Å². The highest BCUT2D eigenvalue weighted by Crippen LogP contribution is 2.34. The molecule has 0 aromatic heterocycles. The molecule has 0 atom stereocenters. The standard InChI is InChI=1S/C25H17Cl2FN2O4S/c26-17-4-1-15(2-5-17)13-30-24(32)22(35-25(30)33)12-16-3-10-21(20(27)11-16)34-14-23(31)29-19-8-6-18(28)7-9-19/h1-12H,13-14H2,(H,29,31)/b22-12+. The summed E-state index contributed by atoms with van der Waals surface area (Å²) in [7, 11) is 0. The number of hydrogen-bond donors (Lipinski definition) is 1. The van der Waals surface area contributed by atoms with E-state index in [1.807, 2.05) is 0 Å². The van der Waals surface area contributed by atoms with Gasteiger partial charge in [0.05, 0.1) is 16.5 Å². The molecule has 3 amide bonds. The molecule has 10 heteroatoms. The van der Waals surface area contributed by atoms with E-state index < -0.39 is 17.6 Å². The predicted octanol–water partition coefficient (Wildman–Crippen LogP) is 6.39. The quantitative estimate of drug-likeness (QED) is 0.358. The van der Waals surface area contributed by atoms with E-state index in [2.05, 4.69) is 5.32 Å². The molecule has 35 heavy (non-hydrogen) atoms. The molecule has 0 aliphatic carbocycles. The predicted molar refractivity (Wildman–Crippen MR) is 135 cm³/mol. The Morgan fingerprint density at radius 3 is 2.43 bits per heavy atom. The summed E-state index contributed by atoms with van der Waals surface area (Å²) in [4.78, 5) is 38.6. The van der Waals surface area contributed by atoms with Gasteiger partial charge < -0.3 is 10.1 Å². The van der Waals surface area contributed by atoms with Gasteiger partial charge in [-0.05, 0) is 77.5 Å². The third kappa shape index (κ3) is 6.42. The molecule has 1 saturated heterocycles. The number of imide groups is 1. The number of amides is 3. The molecule has 4 rings (SSSR count). The Balaban J connectivity index is 1.37. The van der Waals surface area contributed by atoms with Crippen LogP contribution in [0.3, 0.4) is 0 Å². The van der Waals surface area contributed by atoms with Gasteiger partial charge in [0.2, 0.25) is 0 Å². The monoisotopic (exact) mass is 530 g/mol. The van der Waals surface area contributed by atoms with E-state index in [0.29, 0.717) is 16.3 Å². The van der Waals surface area contributed by atoms with Crippen LogP contribution in [-0.2, 0) is 16.1 Å². The molecule has 1 aliphatic heterocycles. The number of carbonyl (C=O) groups is 3. The average molecular weight is 531 g/mol. The van der Waals surface area contributed by atoms with Crippen LogP contribution >= 0.6 is 35.0 Å². The zero-order chi connectivity index (χ0) is 24.9. The number of benzene rings is 3. The van der Waals surface area contributed by atoms with Crippen LogP contribution in [-0.4, -0.2) is 28.6 Å². The Morgan fingerprint density at radius 1 is 1.03 bits per heavy atom. The summed E-state index contributed by atoms with van der Waals surface area (Å²) in [5.74, 6) is -0.971. The van der Waals surface area contributed by atoms with E-state index in [1.54, 1.807) is 48.5 Å². The zero-order valence-corrected chi connectivity index (χ0v) is 20.3. The molecule has 1 aliphatic rings. The molecule has 0 unspecified atom stereocenters. The first-order valence-electron chi connectivity index (χ1n) is 10.3. The van der Waals surface area contributed by atoms with Gasteiger partial charge in [-0.3, -0.25) is 19.3 Å². The summed E-state index contributed by atoms with van der Waals surface area (Å²) in [5, 5.41) is 3.02. The van der Waals surface area contributed by atoms with Crippen molar-refractivity contribution in [3.63, 3.8) is 0 Å². The Kier molecular flexibility index (Phi) is 7.75. The highest BCUT2D eigenvalue weighted by Gasteiger charge is 2.35.